The normalized spacial score (nSPS) is 17.6. The molecule has 1 heterocycles. The summed E-state index contributed by atoms with van der Waals surface area (Å²) in [7, 11) is 4.15. The molecule has 1 aliphatic rings. The third kappa shape index (κ3) is 3.29. The fourth-order valence-electron chi connectivity index (χ4n) is 2.66. The molecule has 116 valence electrons. The molecule has 7 heteroatoms. The van der Waals surface area contributed by atoms with Gasteiger partial charge in [0.05, 0.1) is 10.2 Å². The van der Waals surface area contributed by atoms with E-state index in [9.17, 15) is 4.39 Å². The predicted octanol–water partition coefficient (Wildman–Crippen LogP) is 2.21. The predicted molar refractivity (Wildman–Crippen MR) is 85.5 cm³/mol. The second-order valence-electron chi connectivity index (χ2n) is 5.43. The maximum atomic E-state index is 14.5. The van der Waals surface area contributed by atoms with Gasteiger partial charge in [0.2, 0.25) is 0 Å². The highest BCUT2D eigenvalue weighted by molar-refractivity contribution is 9.10. The minimum Gasteiger partial charge on any atom is -0.409 e. The number of hydrogen-bond acceptors (Lipinski definition) is 4. The van der Waals surface area contributed by atoms with Crippen LogP contribution in [0, 0.1) is 5.82 Å². The summed E-state index contributed by atoms with van der Waals surface area (Å²) < 4.78 is 14.7. The van der Waals surface area contributed by atoms with Gasteiger partial charge in [0, 0.05) is 24.7 Å². The van der Waals surface area contributed by atoms with Crippen LogP contribution in [0.1, 0.15) is 18.4 Å². The van der Waals surface area contributed by atoms with Crippen LogP contribution in [-0.2, 0) is 0 Å². The van der Waals surface area contributed by atoms with E-state index in [0.717, 1.165) is 25.9 Å². The van der Waals surface area contributed by atoms with Gasteiger partial charge in [0.25, 0.3) is 0 Å². The van der Waals surface area contributed by atoms with Gasteiger partial charge in [-0.3, -0.25) is 0 Å². The van der Waals surface area contributed by atoms with E-state index in [1.54, 1.807) is 12.1 Å². The van der Waals surface area contributed by atoms with Crippen molar-refractivity contribution in [1.29, 1.82) is 0 Å². The zero-order valence-electron chi connectivity index (χ0n) is 12.2. The quantitative estimate of drug-likeness (QED) is 0.376. The number of anilines is 1. The number of hydrogen-bond donors (Lipinski definition) is 2. The molecule has 3 N–H and O–H groups in total. The fourth-order valence-corrected chi connectivity index (χ4v) is 3.20. The molecular weight excluding hydrogens is 339 g/mol. The first-order valence-corrected chi connectivity index (χ1v) is 7.62. The Labute approximate surface area is 132 Å². The zero-order valence-corrected chi connectivity index (χ0v) is 13.8. The van der Waals surface area contributed by atoms with Crippen molar-refractivity contribution in [3.05, 3.63) is 28.0 Å². The molecule has 2 rings (SSSR count). The Balaban J connectivity index is 2.21. The molecule has 0 aliphatic carbocycles. The molecule has 21 heavy (non-hydrogen) atoms. The maximum absolute atomic E-state index is 14.5. The highest BCUT2D eigenvalue weighted by atomic mass is 79.9. The van der Waals surface area contributed by atoms with Gasteiger partial charge >= 0.3 is 0 Å². The van der Waals surface area contributed by atoms with Crippen LogP contribution in [0.3, 0.4) is 0 Å². The molecule has 0 radical (unpaired) electrons. The molecule has 1 aliphatic heterocycles. The Bertz CT molecular complexity index is 542. The standard InChI is InChI=1S/C14H20BrFN4O/c1-19(2)9-5-7-20(8-6-9)11-4-3-10(14(17)18-21)12(15)13(11)16/h3-4,9,21H,5-8H2,1-2H3,(H2,17,18). The number of benzene rings is 1. The molecule has 0 spiro atoms. The van der Waals surface area contributed by atoms with Crippen molar-refractivity contribution in [2.75, 3.05) is 32.1 Å². The van der Waals surface area contributed by atoms with Gasteiger partial charge in [-0.2, -0.15) is 0 Å². The van der Waals surface area contributed by atoms with E-state index in [1.807, 2.05) is 4.90 Å². The summed E-state index contributed by atoms with van der Waals surface area (Å²) in [6.07, 6.45) is 2.01. The van der Waals surface area contributed by atoms with Gasteiger partial charge < -0.3 is 20.7 Å². The van der Waals surface area contributed by atoms with Crippen molar-refractivity contribution in [2.45, 2.75) is 18.9 Å². The largest absolute Gasteiger partial charge is 0.409 e. The SMILES string of the molecule is CN(C)C1CCN(c2ccc(/C(N)=N/O)c(Br)c2F)CC1. The lowest BCUT2D eigenvalue weighted by Gasteiger charge is -2.36. The Morgan fingerprint density at radius 2 is 2.05 bits per heavy atom. The topological polar surface area (TPSA) is 65.1 Å². The Morgan fingerprint density at radius 3 is 2.57 bits per heavy atom. The van der Waals surface area contributed by atoms with Crippen molar-refractivity contribution in [3.63, 3.8) is 0 Å². The third-order valence-corrected chi connectivity index (χ3v) is 4.76. The second-order valence-corrected chi connectivity index (χ2v) is 6.22. The molecule has 0 unspecified atom stereocenters. The Kier molecular flexibility index (Phi) is 5.05. The van der Waals surface area contributed by atoms with Crippen molar-refractivity contribution in [1.82, 2.24) is 4.90 Å². The molecule has 5 nitrogen and oxygen atoms in total. The van der Waals surface area contributed by atoms with E-state index in [1.165, 1.54) is 0 Å². The Morgan fingerprint density at radius 1 is 1.43 bits per heavy atom. The lowest BCUT2D eigenvalue weighted by Crippen LogP contribution is -2.42. The smallest absolute Gasteiger partial charge is 0.171 e. The molecule has 0 amide bonds. The van der Waals surface area contributed by atoms with Crippen LogP contribution in [0.25, 0.3) is 0 Å². The fraction of sp³-hybridized carbons (Fsp3) is 0.500. The van der Waals surface area contributed by atoms with Crippen molar-refractivity contribution >= 4 is 27.5 Å². The van der Waals surface area contributed by atoms with Crippen molar-refractivity contribution in [3.8, 4) is 0 Å². The van der Waals surface area contributed by atoms with E-state index in [2.05, 4.69) is 40.1 Å². The van der Waals surface area contributed by atoms with Gasteiger partial charge in [-0.25, -0.2) is 4.39 Å². The van der Waals surface area contributed by atoms with Crippen LogP contribution in [0.4, 0.5) is 10.1 Å². The molecule has 0 atom stereocenters. The van der Waals surface area contributed by atoms with Gasteiger partial charge in [-0.15, -0.1) is 0 Å². The molecule has 1 aromatic rings. The van der Waals surface area contributed by atoms with Gasteiger partial charge in [-0.05, 0) is 55.0 Å². The summed E-state index contributed by atoms with van der Waals surface area (Å²) in [5.41, 5.74) is 6.43. The molecule has 0 saturated carbocycles. The third-order valence-electron chi connectivity index (χ3n) is 3.98. The van der Waals surface area contributed by atoms with Crippen LogP contribution in [0.2, 0.25) is 0 Å². The van der Waals surface area contributed by atoms with Crippen LogP contribution in [0.5, 0.6) is 0 Å². The molecular formula is C14H20BrFN4O. The van der Waals surface area contributed by atoms with E-state index in [-0.39, 0.29) is 16.1 Å². The summed E-state index contributed by atoms with van der Waals surface area (Å²) in [6.45, 7) is 1.63. The van der Waals surface area contributed by atoms with Crippen LogP contribution < -0.4 is 10.6 Å². The monoisotopic (exact) mass is 358 g/mol. The van der Waals surface area contributed by atoms with Crippen molar-refractivity contribution in [2.24, 2.45) is 10.9 Å². The summed E-state index contributed by atoms with van der Waals surface area (Å²) >= 11 is 3.19. The Hall–Kier alpha value is -1.34. The maximum Gasteiger partial charge on any atom is 0.171 e. The summed E-state index contributed by atoms with van der Waals surface area (Å²) in [6, 6.07) is 3.89. The van der Waals surface area contributed by atoms with Gasteiger partial charge in [0.1, 0.15) is 0 Å². The molecule has 0 bridgehead atoms. The van der Waals surface area contributed by atoms with Crippen LogP contribution in [0.15, 0.2) is 21.8 Å². The first kappa shape index (κ1) is 16.0. The lowest BCUT2D eigenvalue weighted by atomic mass is 10.0. The van der Waals surface area contributed by atoms with Gasteiger partial charge in [-0.1, -0.05) is 5.16 Å². The number of halogens is 2. The van der Waals surface area contributed by atoms with Crippen LogP contribution >= 0.6 is 15.9 Å². The van der Waals surface area contributed by atoms with Crippen LogP contribution in [-0.4, -0.2) is 49.2 Å². The van der Waals surface area contributed by atoms with E-state index in [0.29, 0.717) is 17.3 Å². The second kappa shape index (κ2) is 6.62. The molecule has 1 aromatic carbocycles. The highest BCUT2D eigenvalue weighted by Gasteiger charge is 2.24. The number of nitrogens with zero attached hydrogens (tertiary/aromatic N) is 3. The van der Waals surface area contributed by atoms with E-state index in [4.69, 9.17) is 10.9 Å². The molecule has 0 aromatic heterocycles. The minimum atomic E-state index is -0.373. The highest BCUT2D eigenvalue weighted by Crippen LogP contribution is 2.31. The first-order chi connectivity index (χ1) is 9.95. The summed E-state index contributed by atoms with van der Waals surface area (Å²) in [5.74, 6) is -0.485. The van der Waals surface area contributed by atoms with E-state index < -0.39 is 0 Å². The number of rotatable bonds is 3. The average molecular weight is 359 g/mol. The minimum absolute atomic E-state index is 0.112. The number of nitrogens with two attached hydrogens (primary N) is 1. The number of piperidine rings is 1. The number of amidine groups is 1. The zero-order chi connectivity index (χ0) is 15.6. The van der Waals surface area contributed by atoms with Crippen molar-refractivity contribution < 1.29 is 9.60 Å². The first-order valence-electron chi connectivity index (χ1n) is 6.83. The summed E-state index contributed by atoms with van der Waals surface area (Å²) in [4.78, 5) is 4.25. The average Bonchev–Trinajstić information content (AvgIpc) is 2.49. The number of oxime groups is 1. The summed E-state index contributed by atoms with van der Waals surface area (Å²) in [5, 5.41) is 11.6. The molecule has 1 saturated heterocycles. The van der Waals surface area contributed by atoms with Gasteiger partial charge in [0.15, 0.2) is 11.7 Å². The lowest BCUT2D eigenvalue weighted by molar-refractivity contribution is 0.249. The van der Waals surface area contributed by atoms with E-state index >= 15 is 0 Å². The molecule has 1 fully saturated rings.